The summed E-state index contributed by atoms with van der Waals surface area (Å²) in [4.78, 5) is 22.4. The fraction of sp³-hybridized carbons (Fsp3) is 0.333. The molecule has 2 N–H and O–H groups in total. The molecular formula is C15H17Cl2NO3. The van der Waals surface area contributed by atoms with Crippen LogP contribution in [0, 0.1) is 0 Å². The van der Waals surface area contributed by atoms with Gasteiger partial charge in [0.05, 0.1) is 0 Å². The standard InChI is InChI=1S/C15H17Cl2NO3/c1-15(2,8-7-14(20)21)18-13(19)6-3-10-9-11(16)4-5-12(10)17/h3-6,9H,7-8H2,1-2H3,(H,18,19)(H,20,21). The Kier molecular flexibility index (Phi) is 6.24. The number of benzene rings is 1. The molecule has 0 saturated carbocycles. The second-order valence-corrected chi connectivity index (χ2v) is 6.11. The van der Waals surface area contributed by atoms with Gasteiger partial charge in [0.15, 0.2) is 0 Å². The summed E-state index contributed by atoms with van der Waals surface area (Å²) in [5.74, 6) is -1.21. The van der Waals surface area contributed by atoms with Crippen LogP contribution in [0.25, 0.3) is 6.08 Å². The Morgan fingerprint density at radius 3 is 2.62 bits per heavy atom. The highest BCUT2D eigenvalue weighted by atomic mass is 35.5. The van der Waals surface area contributed by atoms with Crippen LogP contribution in [0.1, 0.15) is 32.3 Å². The van der Waals surface area contributed by atoms with Gasteiger partial charge in [0.2, 0.25) is 5.91 Å². The molecule has 0 radical (unpaired) electrons. The molecule has 1 aromatic carbocycles. The number of aliphatic carboxylic acids is 1. The SMILES string of the molecule is CC(C)(CCC(=O)O)NC(=O)C=Cc1cc(Cl)ccc1Cl. The normalized spacial score (nSPS) is 11.6. The van der Waals surface area contributed by atoms with Crippen molar-refractivity contribution < 1.29 is 14.7 Å². The summed E-state index contributed by atoms with van der Waals surface area (Å²) < 4.78 is 0. The van der Waals surface area contributed by atoms with Crippen LogP contribution in [-0.2, 0) is 9.59 Å². The molecule has 4 nitrogen and oxygen atoms in total. The summed E-state index contributed by atoms with van der Waals surface area (Å²) in [7, 11) is 0. The molecule has 0 saturated heterocycles. The molecule has 0 aliphatic rings. The first-order chi connectivity index (χ1) is 9.69. The van der Waals surface area contributed by atoms with Gasteiger partial charge < -0.3 is 10.4 Å². The molecule has 0 unspecified atom stereocenters. The highest BCUT2D eigenvalue weighted by Gasteiger charge is 2.20. The van der Waals surface area contributed by atoms with Gasteiger partial charge in [-0.15, -0.1) is 0 Å². The van der Waals surface area contributed by atoms with E-state index in [1.165, 1.54) is 6.08 Å². The third kappa shape index (κ3) is 6.65. The second-order valence-electron chi connectivity index (χ2n) is 5.27. The van der Waals surface area contributed by atoms with Crippen LogP contribution in [0.5, 0.6) is 0 Å². The molecular weight excluding hydrogens is 313 g/mol. The maximum Gasteiger partial charge on any atom is 0.303 e. The zero-order valence-electron chi connectivity index (χ0n) is 11.8. The van der Waals surface area contributed by atoms with E-state index in [9.17, 15) is 9.59 Å². The highest BCUT2D eigenvalue weighted by molar-refractivity contribution is 6.34. The van der Waals surface area contributed by atoms with Gasteiger partial charge >= 0.3 is 5.97 Å². The van der Waals surface area contributed by atoms with Gasteiger partial charge in [-0.1, -0.05) is 23.2 Å². The number of hydrogen-bond donors (Lipinski definition) is 2. The zero-order chi connectivity index (χ0) is 16.0. The average molecular weight is 330 g/mol. The third-order valence-electron chi connectivity index (χ3n) is 2.80. The van der Waals surface area contributed by atoms with Crippen molar-refractivity contribution in [1.29, 1.82) is 0 Å². The maximum absolute atomic E-state index is 11.9. The summed E-state index contributed by atoms with van der Waals surface area (Å²) in [5, 5.41) is 12.4. The topological polar surface area (TPSA) is 66.4 Å². The van der Waals surface area contributed by atoms with Gasteiger partial charge in [0.1, 0.15) is 0 Å². The lowest BCUT2D eigenvalue weighted by Gasteiger charge is -2.24. The molecule has 0 atom stereocenters. The van der Waals surface area contributed by atoms with Crippen molar-refractivity contribution in [2.75, 3.05) is 0 Å². The predicted molar refractivity (Wildman–Crippen MR) is 84.6 cm³/mol. The van der Waals surface area contributed by atoms with Crippen molar-refractivity contribution in [3.05, 3.63) is 39.9 Å². The summed E-state index contributed by atoms with van der Waals surface area (Å²) in [5.41, 5.74) is 0.0421. The number of carboxylic acid groups (broad SMARTS) is 1. The number of carboxylic acids is 1. The first-order valence-corrected chi connectivity index (χ1v) is 7.12. The van der Waals surface area contributed by atoms with Gasteiger partial charge in [-0.3, -0.25) is 9.59 Å². The Morgan fingerprint density at radius 2 is 2.00 bits per heavy atom. The quantitative estimate of drug-likeness (QED) is 0.781. The molecule has 0 bridgehead atoms. The molecule has 21 heavy (non-hydrogen) atoms. The molecule has 6 heteroatoms. The van der Waals surface area contributed by atoms with Crippen molar-refractivity contribution in [2.45, 2.75) is 32.2 Å². The zero-order valence-corrected chi connectivity index (χ0v) is 13.3. The molecule has 1 amide bonds. The average Bonchev–Trinajstić information content (AvgIpc) is 2.37. The van der Waals surface area contributed by atoms with E-state index < -0.39 is 11.5 Å². The van der Waals surface area contributed by atoms with Crippen molar-refractivity contribution in [3.8, 4) is 0 Å². The van der Waals surface area contributed by atoms with Crippen LogP contribution in [0.3, 0.4) is 0 Å². The highest BCUT2D eigenvalue weighted by Crippen LogP contribution is 2.21. The van der Waals surface area contributed by atoms with Crippen LogP contribution >= 0.6 is 23.2 Å². The van der Waals surface area contributed by atoms with E-state index in [0.717, 1.165) is 0 Å². The number of nitrogens with one attached hydrogen (secondary N) is 1. The van der Waals surface area contributed by atoms with Gasteiger partial charge in [0.25, 0.3) is 0 Å². The molecule has 0 heterocycles. The summed E-state index contributed by atoms with van der Waals surface area (Å²) in [6, 6.07) is 4.97. The summed E-state index contributed by atoms with van der Waals surface area (Å²) in [6.45, 7) is 3.54. The molecule has 1 aromatic rings. The van der Waals surface area contributed by atoms with Gasteiger partial charge in [-0.05, 0) is 50.1 Å². The fourth-order valence-electron chi connectivity index (χ4n) is 1.66. The minimum Gasteiger partial charge on any atom is -0.481 e. The molecule has 0 aliphatic carbocycles. The maximum atomic E-state index is 11.9. The monoisotopic (exact) mass is 329 g/mol. The summed E-state index contributed by atoms with van der Waals surface area (Å²) in [6.07, 6.45) is 3.26. The lowest BCUT2D eigenvalue weighted by atomic mass is 9.98. The fourth-order valence-corrected chi connectivity index (χ4v) is 2.03. The Bertz CT molecular complexity index is 568. The number of carbonyl (C=O) groups excluding carboxylic acids is 1. The first-order valence-electron chi connectivity index (χ1n) is 6.37. The lowest BCUT2D eigenvalue weighted by molar-refractivity contribution is -0.137. The van der Waals surface area contributed by atoms with Crippen LogP contribution in [0.4, 0.5) is 0 Å². The number of hydrogen-bond acceptors (Lipinski definition) is 2. The molecule has 114 valence electrons. The van der Waals surface area contributed by atoms with Crippen LogP contribution in [0.15, 0.2) is 24.3 Å². The third-order valence-corrected chi connectivity index (χ3v) is 3.38. The van der Waals surface area contributed by atoms with Crippen LogP contribution < -0.4 is 5.32 Å². The van der Waals surface area contributed by atoms with E-state index in [2.05, 4.69) is 5.32 Å². The van der Waals surface area contributed by atoms with Crippen LogP contribution in [0.2, 0.25) is 10.0 Å². The second kappa shape index (κ2) is 7.48. The van der Waals surface area contributed by atoms with Crippen molar-refractivity contribution in [2.24, 2.45) is 0 Å². The van der Waals surface area contributed by atoms with Crippen LogP contribution in [-0.4, -0.2) is 22.5 Å². The van der Waals surface area contributed by atoms with E-state index in [0.29, 0.717) is 22.0 Å². The van der Waals surface area contributed by atoms with Gasteiger partial charge in [-0.25, -0.2) is 0 Å². The first kappa shape index (κ1) is 17.5. The van der Waals surface area contributed by atoms with E-state index in [1.54, 1.807) is 38.1 Å². The Balaban J connectivity index is 2.66. The van der Waals surface area contributed by atoms with E-state index in [4.69, 9.17) is 28.3 Å². The van der Waals surface area contributed by atoms with E-state index in [-0.39, 0.29) is 12.3 Å². The molecule has 0 fully saturated rings. The predicted octanol–water partition coefficient (Wildman–Crippen LogP) is 3.77. The molecule has 1 rings (SSSR count). The van der Waals surface area contributed by atoms with Gasteiger partial charge in [-0.2, -0.15) is 0 Å². The largest absolute Gasteiger partial charge is 0.481 e. The minimum atomic E-state index is -0.890. The number of amides is 1. The van der Waals surface area contributed by atoms with E-state index in [1.807, 2.05) is 0 Å². The smallest absolute Gasteiger partial charge is 0.303 e. The van der Waals surface area contributed by atoms with Gasteiger partial charge in [0, 0.05) is 28.1 Å². The number of halogens is 2. The molecule has 0 aromatic heterocycles. The number of rotatable bonds is 6. The van der Waals surface area contributed by atoms with Crippen molar-refractivity contribution in [1.82, 2.24) is 5.32 Å². The Morgan fingerprint density at radius 1 is 1.33 bits per heavy atom. The Hall–Kier alpha value is -1.52. The molecule has 0 aliphatic heterocycles. The summed E-state index contributed by atoms with van der Waals surface area (Å²) >= 11 is 11.9. The van der Waals surface area contributed by atoms with E-state index >= 15 is 0 Å². The Labute approximate surface area is 133 Å². The minimum absolute atomic E-state index is 0.00286. The lowest BCUT2D eigenvalue weighted by Crippen LogP contribution is -2.42. The molecule has 0 spiro atoms. The van der Waals surface area contributed by atoms with Crippen molar-refractivity contribution in [3.63, 3.8) is 0 Å². The number of carbonyl (C=O) groups is 2. The van der Waals surface area contributed by atoms with Crippen molar-refractivity contribution >= 4 is 41.2 Å².